The van der Waals surface area contributed by atoms with E-state index in [0.717, 1.165) is 31.6 Å². The van der Waals surface area contributed by atoms with Crippen LogP contribution in [0, 0.1) is 0 Å². The van der Waals surface area contributed by atoms with Crippen molar-refractivity contribution >= 4 is 11.0 Å². The summed E-state index contributed by atoms with van der Waals surface area (Å²) in [6, 6.07) is 8.65. The highest BCUT2D eigenvalue weighted by Crippen LogP contribution is 2.11. The van der Waals surface area contributed by atoms with Crippen LogP contribution in [0.3, 0.4) is 0 Å². The van der Waals surface area contributed by atoms with E-state index in [9.17, 15) is 0 Å². The van der Waals surface area contributed by atoms with Crippen molar-refractivity contribution < 1.29 is 4.74 Å². The van der Waals surface area contributed by atoms with Gasteiger partial charge in [0, 0.05) is 19.7 Å². The molecule has 0 saturated carbocycles. The van der Waals surface area contributed by atoms with Crippen LogP contribution < -0.4 is 5.32 Å². The molecule has 1 atom stereocenters. The molecule has 0 amide bonds. The molecule has 1 aromatic heterocycles. The van der Waals surface area contributed by atoms with Gasteiger partial charge in [-0.3, -0.25) is 0 Å². The number of para-hydroxylation sites is 2. The molecule has 0 fully saturated rings. The number of rotatable bonds is 7. The highest BCUT2D eigenvalue weighted by molar-refractivity contribution is 5.74. The van der Waals surface area contributed by atoms with Crippen LogP contribution in [0.2, 0.25) is 0 Å². The van der Waals surface area contributed by atoms with Crippen molar-refractivity contribution in [2.75, 3.05) is 20.3 Å². The summed E-state index contributed by atoms with van der Waals surface area (Å²) in [4.78, 5) is 4.38. The Kier molecular flexibility index (Phi) is 4.73. The number of nitrogens with one attached hydrogen (secondary N) is 1. The lowest BCUT2D eigenvalue weighted by atomic mass is 10.3. The summed E-state index contributed by atoms with van der Waals surface area (Å²) < 4.78 is 7.29. The number of ether oxygens (including phenoxy) is 1. The minimum Gasteiger partial charge on any atom is -0.383 e. The minimum absolute atomic E-state index is 0.412. The molecule has 1 N–H and O–H groups in total. The van der Waals surface area contributed by atoms with Crippen LogP contribution in [-0.4, -0.2) is 35.9 Å². The monoisotopic (exact) mass is 247 g/mol. The first-order valence-corrected chi connectivity index (χ1v) is 6.43. The molecule has 0 bridgehead atoms. The molecule has 1 aromatic carbocycles. The summed E-state index contributed by atoms with van der Waals surface area (Å²) in [5.41, 5.74) is 2.28. The number of hydrogen-bond acceptors (Lipinski definition) is 3. The molecule has 1 heterocycles. The van der Waals surface area contributed by atoms with Gasteiger partial charge in [-0.2, -0.15) is 0 Å². The summed E-state index contributed by atoms with van der Waals surface area (Å²) in [7, 11) is 1.73. The van der Waals surface area contributed by atoms with Crippen molar-refractivity contribution in [3.8, 4) is 0 Å². The van der Waals surface area contributed by atoms with Crippen LogP contribution in [0.1, 0.15) is 13.3 Å². The van der Waals surface area contributed by atoms with E-state index in [1.165, 1.54) is 5.52 Å². The fourth-order valence-corrected chi connectivity index (χ4v) is 2.10. The topological polar surface area (TPSA) is 39.1 Å². The average molecular weight is 247 g/mol. The van der Waals surface area contributed by atoms with E-state index in [1.54, 1.807) is 7.11 Å². The van der Waals surface area contributed by atoms with Crippen LogP contribution in [0.4, 0.5) is 0 Å². The molecular formula is C14H21N3O. The fraction of sp³-hybridized carbons (Fsp3) is 0.500. The van der Waals surface area contributed by atoms with E-state index in [0.29, 0.717) is 6.04 Å². The largest absolute Gasteiger partial charge is 0.383 e. The third-order valence-electron chi connectivity index (χ3n) is 3.01. The van der Waals surface area contributed by atoms with Gasteiger partial charge in [0.25, 0.3) is 0 Å². The molecule has 0 spiro atoms. The van der Waals surface area contributed by atoms with Gasteiger partial charge in [0.2, 0.25) is 0 Å². The molecule has 1 unspecified atom stereocenters. The number of methoxy groups -OCH3 is 1. The molecule has 0 radical (unpaired) electrons. The standard InChI is InChI=1S/C14H21N3O/c1-12(10-18-2)15-8-5-9-17-11-16-13-6-3-4-7-14(13)17/h3-4,6-7,11-12,15H,5,8-10H2,1-2H3. The zero-order valence-electron chi connectivity index (χ0n) is 11.1. The third-order valence-corrected chi connectivity index (χ3v) is 3.01. The van der Waals surface area contributed by atoms with Crippen LogP contribution in [0.5, 0.6) is 0 Å². The van der Waals surface area contributed by atoms with E-state index in [4.69, 9.17) is 4.74 Å². The number of imidazole rings is 1. The highest BCUT2D eigenvalue weighted by atomic mass is 16.5. The van der Waals surface area contributed by atoms with Crippen LogP contribution in [0.15, 0.2) is 30.6 Å². The molecule has 0 aliphatic rings. The normalized spacial score (nSPS) is 13.0. The van der Waals surface area contributed by atoms with Crippen LogP contribution in [-0.2, 0) is 11.3 Å². The average Bonchev–Trinajstić information content (AvgIpc) is 2.78. The molecule has 4 nitrogen and oxygen atoms in total. The van der Waals surface area contributed by atoms with Gasteiger partial charge in [0.05, 0.1) is 24.0 Å². The first-order chi connectivity index (χ1) is 8.81. The van der Waals surface area contributed by atoms with Gasteiger partial charge in [-0.1, -0.05) is 12.1 Å². The van der Waals surface area contributed by atoms with Gasteiger partial charge in [0.1, 0.15) is 0 Å². The Morgan fingerprint density at radius 3 is 3.06 bits per heavy atom. The van der Waals surface area contributed by atoms with Crippen molar-refractivity contribution in [2.45, 2.75) is 25.9 Å². The highest BCUT2D eigenvalue weighted by Gasteiger charge is 2.02. The minimum atomic E-state index is 0.412. The predicted octanol–water partition coefficient (Wildman–Crippen LogP) is 2.05. The number of nitrogens with zero attached hydrogens (tertiary/aromatic N) is 2. The molecule has 98 valence electrons. The molecule has 2 rings (SSSR count). The summed E-state index contributed by atoms with van der Waals surface area (Å²) in [6.45, 7) is 4.88. The SMILES string of the molecule is COCC(C)NCCCn1cnc2ccccc21. The Balaban J connectivity index is 1.80. The number of benzene rings is 1. The summed E-state index contributed by atoms with van der Waals surface area (Å²) in [5.74, 6) is 0. The zero-order valence-corrected chi connectivity index (χ0v) is 11.1. The van der Waals surface area contributed by atoms with Gasteiger partial charge >= 0.3 is 0 Å². The van der Waals surface area contributed by atoms with Crippen molar-refractivity contribution in [3.63, 3.8) is 0 Å². The van der Waals surface area contributed by atoms with Gasteiger partial charge in [-0.15, -0.1) is 0 Å². The smallest absolute Gasteiger partial charge is 0.0958 e. The molecule has 2 aromatic rings. The zero-order chi connectivity index (χ0) is 12.8. The lowest BCUT2D eigenvalue weighted by molar-refractivity contribution is 0.172. The molecule has 0 aliphatic heterocycles. The Morgan fingerprint density at radius 1 is 1.39 bits per heavy atom. The van der Waals surface area contributed by atoms with Gasteiger partial charge in [0.15, 0.2) is 0 Å². The van der Waals surface area contributed by atoms with Gasteiger partial charge in [-0.05, 0) is 32.0 Å². The van der Waals surface area contributed by atoms with E-state index >= 15 is 0 Å². The van der Waals surface area contributed by atoms with Crippen molar-refractivity contribution in [2.24, 2.45) is 0 Å². The van der Waals surface area contributed by atoms with Gasteiger partial charge in [-0.25, -0.2) is 4.98 Å². The van der Waals surface area contributed by atoms with Crippen molar-refractivity contribution in [3.05, 3.63) is 30.6 Å². The second-order valence-electron chi connectivity index (χ2n) is 4.59. The lowest BCUT2D eigenvalue weighted by Crippen LogP contribution is -2.31. The van der Waals surface area contributed by atoms with E-state index < -0.39 is 0 Å². The summed E-state index contributed by atoms with van der Waals surface area (Å²) in [6.07, 6.45) is 3.01. The van der Waals surface area contributed by atoms with E-state index in [2.05, 4.69) is 33.9 Å². The van der Waals surface area contributed by atoms with Crippen LogP contribution in [0.25, 0.3) is 11.0 Å². The maximum absolute atomic E-state index is 5.09. The van der Waals surface area contributed by atoms with Crippen LogP contribution >= 0.6 is 0 Å². The number of aryl methyl sites for hydroxylation is 1. The molecule has 4 heteroatoms. The number of hydrogen-bond donors (Lipinski definition) is 1. The Labute approximate surface area is 108 Å². The maximum atomic E-state index is 5.09. The predicted molar refractivity (Wildman–Crippen MR) is 73.7 cm³/mol. The Bertz CT molecular complexity index is 481. The second kappa shape index (κ2) is 6.52. The first-order valence-electron chi connectivity index (χ1n) is 6.43. The number of fused-ring (bicyclic) bond motifs is 1. The van der Waals surface area contributed by atoms with Crippen molar-refractivity contribution in [1.29, 1.82) is 0 Å². The molecule has 0 aliphatic carbocycles. The summed E-state index contributed by atoms with van der Waals surface area (Å²) >= 11 is 0. The maximum Gasteiger partial charge on any atom is 0.0958 e. The van der Waals surface area contributed by atoms with E-state index in [1.807, 2.05) is 18.5 Å². The molecule has 0 saturated heterocycles. The van der Waals surface area contributed by atoms with E-state index in [-0.39, 0.29) is 0 Å². The van der Waals surface area contributed by atoms with Crippen molar-refractivity contribution in [1.82, 2.24) is 14.9 Å². The third kappa shape index (κ3) is 3.31. The second-order valence-corrected chi connectivity index (χ2v) is 4.59. The molecule has 18 heavy (non-hydrogen) atoms. The lowest BCUT2D eigenvalue weighted by Gasteiger charge is -2.12. The first kappa shape index (κ1) is 13.1. The van der Waals surface area contributed by atoms with Gasteiger partial charge < -0.3 is 14.6 Å². The quantitative estimate of drug-likeness (QED) is 0.761. The summed E-state index contributed by atoms with van der Waals surface area (Å²) in [5, 5.41) is 3.44. The number of aromatic nitrogens is 2. The fourth-order valence-electron chi connectivity index (χ4n) is 2.10. The molecular weight excluding hydrogens is 226 g/mol. The Hall–Kier alpha value is -1.39. The Morgan fingerprint density at radius 2 is 2.22 bits per heavy atom.